The van der Waals surface area contributed by atoms with Gasteiger partial charge in [-0.15, -0.1) is 0 Å². The van der Waals surface area contributed by atoms with E-state index in [1.165, 1.54) is 0 Å². The Balaban J connectivity index is 2.31. The van der Waals surface area contributed by atoms with Gasteiger partial charge in [0.2, 0.25) is 0 Å². The van der Waals surface area contributed by atoms with Crippen LogP contribution in [0.2, 0.25) is 0 Å². The van der Waals surface area contributed by atoms with E-state index in [9.17, 15) is 4.79 Å². The maximum Gasteiger partial charge on any atom is 0.150 e. The first-order valence-corrected chi connectivity index (χ1v) is 3.81. The van der Waals surface area contributed by atoms with Gasteiger partial charge in [-0.05, 0) is 0 Å². The van der Waals surface area contributed by atoms with Crippen LogP contribution in [0.25, 0.3) is 0 Å². The average molecular weight is 142 g/mol. The highest BCUT2D eigenvalue weighted by molar-refractivity contribution is 5.84. The van der Waals surface area contributed by atoms with Gasteiger partial charge in [0, 0.05) is 26.1 Å². The summed E-state index contributed by atoms with van der Waals surface area (Å²) in [5, 5.41) is 6.32. The van der Waals surface area contributed by atoms with Gasteiger partial charge in [0.25, 0.3) is 0 Å². The zero-order chi connectivity index (χ0) is 7.40. The van der Waals surface area contributed by atoms with E-state index in [0.29, 0.717) is 12.2 Å². The summed E-state index contributed by atoms with van der Waals surface area (Å²) in [5.41, 5.74) is 0. The fourth-order valence-electron chi connectivity index (χ4n) is 1.13. The minimum absolute atomic E-state index is 0.0683. The third kappa shape index (κ3) is 1.78. The van der Waals surface area contributed by atoms with Crippen molar-refractivity contribution in [3.63, 3.8) is 0 Å². The molecule has 0 aromatic carbocycles. The van der Waals surface area contributed by atoms with Gasteiger partial charge in [0.15, 0.2) is 5.78 Å². The predicted octanol–water partition coefficient (Wildman–Crippen LogP) is -0.473. The van der Waals surface area contributed by atoms with Crippen LogP contribution in [0.4, 0.5) is 0 Å². The van der Waals surface area contributed by atoms with E-state index in [1.807, 2.05) is 6.92 Å². The van der Waals surface area contributed by atoms with E-state index >= 15 is 0 Å². The van der Waals surface area contributed by atoms with Gasteiger partial charge < -0.3 is 10.6 Å². The van der Waals surface area contributed by atoms with E-state index in [0.717, 1.165) is 19.6 Å². The third-order valence-corrected chi connectivity index (χ3v) is 1.78. The Bertz CT molecular complexity index is 119. The first-order chi connectivity index (χ1) is 4.84. The number of piperazine rings is 1. The third-order valence-electron chi connectivity index (χ3n) is 1.78. The highest BCUT2D eigenvalue weighted by Gasteiger charge is 2.17. The molecule has 1 atom stereocenters. The predicted molar refractivity (Wildman–Crippen MR) is 40.0 cm³/mol. The molecule has 0 saturated carbocycles. The van der Waals surface area contributed by atoms with E-state index in [2.05, 4.69) is 10.6 Å². The molecule has 3 nitrogen and oxygen atoms in total. The smallest absolute Gasteiger partial charge is 0.150 e. The second-order valence-corrected chi connectivity index (χ2v) is 2.53. The topological polar surface area (TPSA) is 41.1 Å². The fourth-order valence-corrected chi connectivity index (χ4v) is 1.13. The van der Waals surface area contributed by atoms with Crippen molar-refractivity contribution < 1.29 is 4.79 Å². The molecular formula is C7H14N2O. The summed E-state index contributed by atoms with van der Waals surface area (Å²) in [6.07, 6.45) is 0.638. The van der Waals surface area contributed by atoms with Gasteiger partial charge in [-0.1, -0.05) is 6.92 Å². The lowest BCUT2D eigenvalue weighted by atomic mass is 10.1. The standard InChI is InChI=1S/C7H14N2O/c1-2-7(10)6-5-8-3-4-9-6/h6,8-9H,2-5H2,1H3/t6-/m1/s1. The van der Waals surface area contributed by atoms with Crippen LogP contribution in [-0.4, -0.2) is 31.5 Å². The molecule has 0 spiro atoms. The number of Topliss-reactive ketones (excluding diaryl/α,β-unsaturated/α-hetero) is 1. The summed E-state index contributed by atoms with van der Waals surface area (Å²) < 4.78 is 0. The molecule has 1 heterocycles. The first-order valence-electron chi connectivity index (χ1n) is 3.81. The molecule has 3 heteroatoms. The van der Waals surface area contributed by atoms with Crippen molar-refractivity contribution in [1.29, 1.82) is 0 Å². The molecule has 0 aromatic rings. The van der Waals surface area contributed by atoms with E-state index in [-0.39, 0.29) is 6.04 Å². The first kappa shape index (κ1) is 7.69. The monoisotopic (exact) mass is 142 g/mol. The summed E-state index contributed by atoms with van der Waals surface area (Å²) in [6, 6.07) is 0.0683. The zero-order valence-electron chi connectivity index (χ0n) is 6.31. The second-order valence-electron chi connectivity index (χ2n) is 2.53. The summed E-state index contributed by atoms with van der Waals surface area (Å²) in [7, 11) is 0. The van der Waals surface area contributed by atoms with Crippen LogP contribution in [0, 0.1) is 0 Å². The Morgan fingerprint density at radius 3 is 2.90 bits per heavy atom. The molecule has 10 heavy (non-hydrogen) atoms. The number of carbonyl (C=O) groups is 1. The number of ketones is 1. The number of hydrogen-bond acceptors (Lipinski definition) is 3. The molecule has 1 fully saturated rings. The van der Waals surface area contributed by atoms with Crippen LogP contribution in [0.15, 0.2) is 0 Å². The number of nitrogens with one attached hydrogen (secondary N) is 2. The molecule has 1 aliphatic rings. The van der Waals surface area contributed by atoms with Crippen LogP contribution >= 0.6 is 0 Å². The molecular weight excluding hydrogens is 128 g/mol. The number of rotatable bonds is 2. The SMILES string of the molecule is CCC(=O)[C@H]1CNCCN1. The Morgan fingerprint density at radius 2 is 2.40 bits per heavy atom. The summed E-state index contributed by atoms with van der Waals surface area (Å²) in [5.74, 6) is 0.312. The minimum Gasteiger partial charge on any atom is -0.313 e. The highest BCUT2D eigenvalue weighted by Crippen LogP contribution is 1.92. The summed E-state index contributed by atoms with van der Waals surface area (Å²) in [6.45, 7) is 4.59. The van der Waals surface area contributed by atoms with Crippen molar-refractivity contribution in [2.24, 2.45) is 0 Å². The maximum absolute atomic E-state index is 11.1. The Kier molecular flexibility index (Phi) is 2.83. The van der Waals surface area contributed by atoms with Crippen LogP contribution < -0.4 is 10.6 Å². The molecule has 0 aliphatic carbocycles. The second kappa shape index (κ2) is 3.68. The zero-order valence-corrected chi connectivity index (χ0v) is 6.31. The number of hydrogen-bond donors (Lipinski definition) is 2. The van der Waals surface area contributed by atoms with Crippen molar-refractivity contribution in [3.05, 3.63) is 0 Å². The van der Waals surface area contributed by atoms with Gasteiger partial charge in [0.05, 0.1) is 6.04 Å². The molecule has 58 valence electrons. The minimum atomic E-state index is 0.0683. The van der Waals surface area contributed by atoms with Crippen molar-refractivity contribution in [3.8, 4) is 0 Å². The maximum atomic E-state index is 11.1. The fraction of sp³-hybridized carbons (Fsp3) is 0.857. The molecule has 0 amide bonds. The molecule has 1 aliphatic heterocycles. The van der Waals surface area contributed by atoms with Crippen molar-refractivity contribution in [2.75, 3.05) is 19.6 Å². The van der Waals surface area contributed by atoms with Gasteiger partial charge >= 0.3 is 0 Å². The average Bonchev–Trinajstić information content (AvgIpc) is 2.05. The largest absolute Gasteiger partial charge is 0.313 e. The van der Waals surface area contributed by atoms with Crippen LogP contribution in [0.3, 0.4) is 0 Å². The van der Waals surface area contributed by atoms with Crippen LogP contribution in [0.1, 0.15) is 13.3 Å². The Hall–Kier alpha value is -0.410. The molecule has 2 N–H and O–H groups in total. The normalized spacial score (nSPS) is 26.3. The van der Waals surface area contributed by atoms with Gasteiger partial charge in [-0.3, -0.25) is 4.79 Å². The molecule has 1 saturated heterocycles. The number of carbonyl (C=O) groups excluding carboxylic acids is 1. The van der Waals surface area contributed by atoms with Gasteiger partial charge in [-0.2, -0.15) is 0 Å². The van der Waals surface area contributed by atoms with E-state index in [4.69, 9.17) is 0 Å². The lowest BCUT2D eigenvalue weighted by Crippen LogP contribution is -2.52. The van der Waals surface area contributed by atoms with Crippen molar-refractivity contribution in [1.82, 2.24) is 10.6 Å². The highest BCUT2D eigenvalue weighted by atomic mass is 16.1. The lowest BCUT2D eigenvalue weighted by molar-refractivity contribution is -0.120. The quantitative estimate of drug-likeness (QED) is 0.547. The summed E-state index contributed by atoms with van der Waals surface area (Å²) >= 11 is 0. The Labute approximate surface area is 61.2 Å². The molecule has 1 rings (SSSR count). The molecule has 0 unspecified atom stereocenters. The van der Waals surface area contributed by atoms with Crippen molar-refractivity contribution >= 4 is 5.78 Å². The van der Waals surface area contributed by atoms with E-state index in [1.54, 1.807) is 0 Å². The molecule has 0 aromatic heterocycles. The van der Waals surface area contributed by atoms with Gasteiger partial charge in [0.1, 0.15) is 0 Å². The lowest BCUT2D eigenvalue weighted by Gasteiger charge is -2.22. The van der Waals surface area contributed by atoms with Crippen LogP contribution in [0.5, 0.6) is 0 Å². The molecule has 0 bridgehead atoms. The van der Waals surface area contributed by atoms with Crippen LogP contribution in [-0.2, 0) is 4.79 Å². The van der Waals surface area contributed by atoms with Gasteiger partial charge in [-0.25, -0.2) is 0 Å². The van der Waals surface area contributed by atoms with E-state index < -0.39 is 0 Å². The van der Waals surface area contributed by atoms with Crippen molar-refractivity contribution in [2.45, 2.75) is 19.4 Å². The summed E-state index contributed by atoms with van der Waals surface area (Å²) in [4.78, 5) is 11.1. The molecule has 0 radical (unpaired) electrons. The Morgan fingerprint density at radius 1 is 1.60 bits per heavy atom.